The standard InChI is InChI=1S/C9H9BrCl2/c1-2-7-6(5-11)3-4-8(10)9(7)12/h3-4H,2,5H2,1H3. The fraction of sp³-hybridized carbons (Fsp3) is 0.333. The van der Waals surface area contributed by atoms with Crippen molar-refractivity contribution in [2.24, 2.45) is 0 Å². The summed E-state index contributed by atoms with van der Waals surface area (Å²) in [5.41, 5.74) is 2.26. The van der Waals surface area contributed by atoms with Gasteiger partial charge in [-0.3, -0.25) is 0 Å². The van der Waals surface area contributed by atoms with Gasteiger partial charge in [0.05, 0.1) is 5.02 Å². The minimum Gasteiger partial charge on any atom is -0.122 e. The van der Waals surface area contributed by atoms with Gasteiger partial charge in [-0.1, -0.05) is 24.6 Å². The molecule has 0 bridgehead atoms. The zero-order chi connectivity index (χ0) is 9.14. The molecule has 66 valence electrons. The molecule has 3 heteroatoms. The third-order valence-corrected chi connectivity index (χ3v) is 3.40. The predicted molar refractivity (Wildman–Crippen MR) is 58.1 cm³/mol. The van der Waals surface area contributed by atoms with Gasteiger partial charge in [-0.15, -0.1) is 11.6 Å². The highest BCUT2D eigenvalue weighted by Crippen LogP contribution is 2.29. The fourth-order valence-electron chi connectivity index (χ4n) is 1.14. The van der Waals surface area contributed by atoms with Crippen LogP contribution in [0.3, 0.4) is 0 Å². The van der Waals surface area contributed by atoms with Crippen molar-refractivity contribution in [3.63, 3.8) is 0 Å². The summed E-state index contributed by atoms with van der Waals surface area (Å²) < 4.78 is 0.940. The van der Waals surface area contributed by atoms with Crippen LogP contribution in [0.25, 0.3) is 0 Å². The van der Waals surface area contributed by atoms with Gasteiger partial charge in [0.15, 0.2) is 0 Å². The summed E-state index contributed by atoms with van der Waals surface area (Å²) >= 11 is 15.2. The second kappa shape index (κ2) is 4.50. The van der Waals surface area contributed by atoms with Gasteiger partial charge >= 0.3 is 0 Å². The monoisotopic (exact) mass is 266 g/mol. The van der Waals surface area contributed by atoms with Gasteiger partial charge in [0.2, 0.25) is 0 Å². The predicted octanol–water partition coefficient (Wildman–Crippen LogP) is 4.40. The van der Waals surface area contributed by atoms with Crippen molar-refractivity contribution < 1.29 is 0 Å². The Morgan fingerprint density at radius 1 is 1.42 bits per heavy atom. The molecule has 0 unspecified atom stereocenters. The summed E-state index contributed by atoms with van der Waals surface area (Å²) in [6, 6.07) is 3.93. The first-order chi connectivity index (χ1) is 5.70. The smallest absolute Gasteiger partial charge is 0.0583 e. The van der Waals surface area contributed by atoms with E-state index in [9.17, 15) is 0 Å². The summed E-state index contributed by atoms with van der Waals surface area (Å²) in [5.74, 6) is 0.524. The fourth-order valence-corrected chi connectivity index (χ4v) is 2.08. The number of benzene rings is 1. The van der Waals surface area contributed by atoms with Crippen molar-refractivity contribution >= 4 is 39.1 Å². The van der Waals surface area contributed by atoms with E-state index in [1.54, 1.807) is 0 Å². The lowest BCUT2D eigenvalue weighted by molar-refractivity contribution is 1.10. The zero-order valence-corrected chi connectivity index (χ0v) is 9.80. The maximum absolute atomic E-state index is 6.07. The molecule has 0 radical (unpaired) electrons. The number of halogens is 3. The minimum atomic E-state index is 0.524. The Bertz CT molecular complexity index is 284. The van der Waals surface area contributed by atoms with Crippen LogP contribution in [0, 0.1) is 0 Å². The van der Waals surface area contributed by atoms with E-state index in [0.717, 1.165) is 27.0 Å². The molecule has 12 heavy (non-hydrogen) atoms. The molecule has 0 aromatic heterocycles. The minimum absolute atomic E-state index is 0.524. The summed E-state index contributed by atoms with van der Waals surface area (Å²) in [6.45, 7) is 2.07. The van der Waals surface area contributed by atoms with E-state index < -0.39 is 0 Å². The molecule has 0 amide bonds. The lowest BCUT2D eigenvalue weighted by Crippen LogP contribution is -1.91. The highest BCUT2D eigenvalue weighted by atomic mass is 79.9. The first kappa shape index (κ1) is 10.4. The second-order valence-corrected chi connectivity index (χ2v) is 3.99. The largest absolute Gasteiger partial charge is 0.122 e. The summed E-state index contributed by atoms with van der Waals surface area (Å²) in [5, 5.41) is 0.788. The van der Waals surface area contributed by atoms with E-state index in [0.29, 0.717) is 5.88 Å². The van der Waals surface area contributed by atoms with E-state index in [2.05, 4.69) is 22.9 Å². The lowest BCUT2D eigenvalue weighted by Gasteiger charge is -2.08. The molecule has 0 saturated carbocycles. The van der Waals surface area contributed by atoms with Crippen LogP contribution in [0.4, 0.5) is 0 Å². The van der Waals surface area contributed by atoms with Crippen LogP contribution in [-0.4, -0.2) is 0 Å². The number of alkyl halides is 1. The quantitative estimate of drug-likeness (QED) is 0.697. The molecule has 0 N–H and O–H groups in total. The third-order valence-electron chi connectivity index (χ3n) is 1.79. The molecule has 1 rings (SSSR count). The van der Waals surface area contributed by atoms with Crippen LogP contribution in [0.15, 0.2) is 16.6 Å². The van der Waals surface area contributed by atoms with Crippen molar-refractivity contribution in [1.82, 2.24) is 0 Å². The van der Waals surface area contributed by atoms with E-state index >= 15 is 0 Å². The van der Waals surface area contributed by atoms with Crippen molar-refractivity contribution in [3.8, 4) is 0 Å². The maximum atomic E-state index is 6.07. The van der Waals surface area contributed by atoms with Crippen LogP contribution < -0.4 is 0 Å². The average Bonchev–Trinajstić information content (AvgIpc) is 2.09. The van der Waals surface area contributed by atoms with Crippen LogP contribution in [0.1, 0.15) is 18.1 Å². The topological polar surface area (TPSA) is 0 Å². The van der Waals surface area contributed by atoms with Gasteiger partial charge in [0.1, 0.15) is 0 Å². The zero-order valence-electron chi connectivity index (χ0n) is 6.70. The van der Waals surface area contributed by atoms with Crippen LogP contribution in [0.2, 0.25) is 5.02 Å². The molecule has 0 aliphatic heterocycles. The van der Waals surface area contributed by atoms with Crippen molar-refractivity contribution in [2.45, 2.75) is 19.2 Å². The Hall–Kier alpha value is 0.280. The number of hydrogen-bond donors (Lipinski definition) is 0. The summed E-state index contributed by atoms with van der Waals surface area (Å²) in [7, 11) is 0. The second-order valence-electron chi connectivity index (χ2n) is 2.49. The Labute approximate surface area is 91.0 Å². The highest BCUT2D eigenvalue weighted by molar-refractivity contribution is 9.10. The molecular weight excluding hydrogens is 259 g/mol. The average molecular weight is 268 g/mol. The molecule has 0 fully saturated rings. The Morgan fingerprint density at radius 3 is 2.58 bits per heavy atom. The van der Waals surface area contributed by atoms with Crippen LogP contribution in [0.5, 0.6) is 0 Å². The number of hydrogen-bond acceptors (Lipinski definition) is 0. The van der Waals surface area contributed by atoms with Gasteiger partial charge in [-0.05, 0) is 39.5 Å². The molecule has 0 aliphatic rings. The van der Waals surface area contributed by atoms with Crippen LogP contribution in [-0.2, 0) is 12.3 Å². The van der Waals surface area contributed by atoms with Crippen LogP contribution >= 0.6 is 39.1 Å². The molecule has 0 aliphatic carbocycles. The first-order valence-electron chi connectivity index (χ1n) is 3.72. The molecule has 0 heterocycles. The van der Waals surface area contributed by atoms with Gasteiger partial charge in [-0.2, -0.15) is 0 Å². The Kier molecular flexibility index (Phi) is 3.88. The van der Waals surface area contributed by atoms with E-state index in [4.69, 9.17) is 23.2 Å². The van der Waals surface area contributed by atoms with Crippen molar-refractivity contribution in [3.05, 3.63) is 32.8 Å². The van der Waals surface area contributed by atoms with Gasteiger partial charge < -0.3 is 0 Å². The Morgan fingerprint density at radius 2 is 2.08 bits per heavy atom. The van der Waals surface area contributed by atoms with Gasteiger partial charge in [-0.25, -0.2) is 0 Å². The lowest BCUT2D eigenvalue weighted by atomic mass is 10.1. The molecule has 1 aromatic carbocycles. The molecule has 0 spiro atoms. The molecule has 0 nitrogen and oxygen atoms in total. The molecular formula is C9H9BrCl2. The third kappa shape index (κ3) is 1.95. The molecule has 0 atom stereocenters. The van der Waals surface area contributed by atoms with Crippen molar-refractivity contribution in [2.75, 3.05) is 0 Å². The SMILES string of the molecule is CCc1c(CCl)ccc(Br)c1Cl. The van der Waals surface area contributed by atoms with E-state index in [-0.39, 0.29) is 0 Å². The number of rotatable bonds is 2. The molecule has 0 saturated heterocycles. The van der Waals surface area contributed by atoms with E-state index in [1.807, 2.05) is 12.1 Å². The van der Waals surface area contributed by atoms with Gasteiger partial charge in [0.25, 0.3) is 0 Å². The summed E-state index contributed by atoms with van der Waals surface area (Å²) in [6.07, 6.45) is 0.917. The Balaban J connectivity index is 3.25. The normalized spacial score (nSPS) is 10.3. The highest BCUT2D eigenvalue weighted by Gasteiger charge is 2.07. The summed E-state index contributed by atoms with van der Waals surface area (Å²) in [4.78, 5) is 0. The van der Waals surface area contributed by atoms with Crippen molar-refractivity contribution in [1.29, 1.82) is 0 Å². The van der Waals surface area contributed by atoms with Gasteiger partial charge in [0, 0.05) is 10.4 Å². The first-order valence-corrected chi connectivity index (χ1v) is 5.43. The maximum Gasteiger partial charge on any atom is 0.0583 e. The van der Waals surface area contributed by atoms with E-state index in [1.165, 1.54) is 0 Å². The molecule has 1 aromatic rings.